The molecule has 5 nitrogen and oxygen atoms in total. The number of carbonyl (C=O) groups excluding carboxylic acids is 1. The summed E-state index contributed by atoms with van der Waals surface area (Å²) in [5.41, 5.74) is 1.46. The molecule has 0 aliphatic rings. The van der Waals surface area contributed by atoms with Crippen molar-refractivity contribution >= 4 is 34.8 Å². The SMILES string of the molecule is O=C(Nc1cc(Cl)cc(Cl)c1)[C@@H](NCCCn1ccnc1)c1ccccc1. The number of rotatable bonds is 8. The quantitative estimate of drug-likeness (QED) is 0.543. The smallest absolute Gasteiger partial charge is 0.246 e. The van der Waals surface area contributed by atoms with Crippen LogP contribution in [0.2, 0.25) is 10.0 Å². The third-order valence-corrected chi connectivity index (χ3v) is 4.46. The van der Waals surface area contributed by atoms with E-state index < -0.39 is 6.04 Å². The molecule has 1 atom stereocenters. The van der Waals surface area contributed by atoms with E-state index in [-0.39, 0.29) is 5.91 Å². The summed E-state index contributed by atoms with van der Waals surface area (Å²) >= 11 is 12.0. The van der Waals surface area contributed by atoms with E-state index in [0.29, 0.717) is 22.3 Å². The van der Waals surface area contributed by atoms with Crippen LogP contribution in [0.15, 0.2) is 67.3 Å². The van der Waals surface area contributed by atoms with Crippen LogP contribution >= 0.6 is 23.2 Å². The van der Waals surface area contributed by atoms with E-state index in [1.54, 1.807) is 30.7 Å². The van der Waals surface area contributed by atoms with E-state index in [2.05, 4.69) is 15.6 Å². The zero-order valence-electron chi connectivity index (χ0n) is 14.6. The van der Waals surface area contributed by atoms with E-state index >= 15 is 0 Å². The van der Waals surface area contributed by atoms with Crippen molar-refractivity contribution in [3.8, 4) is 0 Å². The van der Waals surface area contributed by atoms with Gasteiger partial charge in [0.15, 0.2) is 0 Å². The van der Waals surface area contributed by atoms with Gasteiger partial charge in [-0.05, 0) is 36.7 Å². The monoisotopic (exact) mass is 402 g/mol. The molecule has 0 aliphatic heterocycles. The van der Waals surface area contributed by atoms with Gasteiger partial charge in [0.2, 0.25) is 5.91 Å². The van der Waals surface area contributed by atoms with Gasteiger partial charge in [0.05, 0.1) is 6.33 Å². The fourth-order valence-electron chi connectivity index (χ4n) is 2.77. The van der Waals surface area contributed by atoms with Crippen molar-refractivity contribution < 1.29 is 4.79 Å². The van der Waals surface area contributed by atoms with Crippen molar-refractivity contribution in [3.05, 3.63) is 82.9 Å². The first-order chi connectivity index (χ1) is 13.1. The Labute approximate surface area is 168 Å². The first-order valence-corrected chi connectivity index (χ1v) is 9.38. The maximum atomic E-state index is 12.9. The normalized spacial score (nSPS) is 11.9. The molecule has 1 amide bonds. The van der Waals surface area contributed by atoms with E-state index in [4.69, 9.17) is 23.2 Å². The van der Waals surface area contributed by atoms with Crippen molar-refractivity contribution in [1.29, 1.82) is 0 Å². The zero-order chi connectivity index (χ0) is 19.1. The second-order valence-electron chi connectivity index (χ2n) is 6.10. The lowest BCUT2D eigenvalue weighted by Gasteiger charge is -2.19. The van der Waals surface area contributed by atoms with Crippen LogP contribution < -0.4 is 10.6 Å². The van der Waals surface area contributed by atoms with Gasteiger partial charge in [-0.25, -0.2) is 4.98 Å². The molecule has 2 N–H and O–H groups in total. The lowest BCUT2D eigenvalue weighted by Crippen LogP contribution is -2.34. The fourth-order valence-corrected chi connectivity index (χ4v) is 3.30. The van der Waals surface area contributed by atoms with Crippen molar-refractivity contribution in [1.82, 2.24) is 14.9 Å². The fraction of sp³-hybridized carbons (Fsp3) is 0.200. The summed E-state index contributed by atoms with van der Waals surface area (Å²) < 4.78 is 2.01. The molecule has 140 valence electrons. The average molecular weight is 403 g/mol. The van der Waals surface area contributed by atoms with Gasteiger partial charge >= 0.3 is 0 Å². The molecule has 0 bridgehead atoms. The third kappa shape index (κ3) is 5.82. The molecular weight excluding hydrogens is 383 g/mol. The van der Waals surface area contributed by atoms with Gasteiger partial charge < -0.3 is 15.2 Å². The highest BCUT2D eigenvalue weighted by atomic mass is 35.5. The maximum Gasteiger partial charge on any atom is 0.246 e. The molecule has 2 aromatic carbocycles. The molecule has 0 aliphatic carbocycles. The van der Waals surface area contributed by atoms with Crippen molar-refractivity contribution in [3.63, 3.8) is 0 Å². The Morgan fingerprint density at radius 2 is 1.85 bits per heavy atom. The van der Waals surface area contributed by atoms with Gasteiger partial charge in [-0.15, -0.1) is 0 Å². The van der Waals surface area contributed by atoms with Crippen LogP contribution in [0.3, 0.4) is 0 Å². The Morgan fingerprint density at radius 3 is 2.52 bits per heavy atom. The lowest BCUT2D eigenvalue weighted by molar-refractivity contribution is -0.118. The lowest BCUT2D eigenvalue weighted by atomic mass is 10.1. The van der Waals surface area contributed by atoms with Crippen molar-refractivity contribution in [2.75, 3.05) is 11.9 Å². The highest BCUT2D eigenvalue weighted by molar-refractivity contribution is 6.35. The topological polar surface area (TPSA) is 59.0 Å². The molecule has 1 aromatic heterocycles. The highest BCUT2D eigenvalue weighted by Crippen LogP contribution is 2.24. The first kappa shape index (κ1) is 19.4. The minimum absolute atomic E-state index is 0.165. The Bertz CT molecular complexity index is 849. The van der Waals surface area contributed by atoms with Gasteiger partial charge in [-0.3, -0.25) is 4.79 Å². The van der Waals surface area contributed by atoms with Crippen LogP contribution in [0.1, 0.15) is 18.0 Å². The summed E-state index contributed by atoms with van der Waals surface area (Å²) in [6.45, 7) is 1.52. The minimum atomic E-state index is -0.480. The van der Waals surface area contributed by atoms with Crippen LogP contribution in [-0.2, 0) is 11.3 Å². The van der Waals surface area contributed by atoms with Crippen LogP contribution in [-0.4, -0.2) is 22.0 Å². The van der Waals surface area contributed by atoms with Crippen molar-refractivity contribution in [2.24, 2.45) is 0 Å². The van der Waals surface area contributed by atoms with E-state index in [1.807, 2.05) is 41.1 Å². The molecule has 1 heterocycles. The van der Waals surface area contributed by atoms with Crippen LogP contribution in [0, 0.1) is 0 Å². The van der Waals surface area contributed by atoms with E-state index in [9.17, 15) is 4.79 Å². The second-order valence-corrected chi connectivity index (χ2v) is 6.97. The van der Waals surface area contributed by atoms with E-state index in [0.717, 1.165) is 18.5 Å². The number of benzene rings is 2. The number of halogens is 2. The average Bonchev–Trinajstić information content (AvgIpc) is 3.15. The summed E-state index contributed by atoms with van der Waals surface area (Å²) in [6, 6.07) is 14.1. The Kier molecular flexibility index (Phi) is 6.87. The summed E-state index contributed by atoms with van der Waals surface area (Å²) in [6.07, 6.45) is 6.33. The van der Waals surface area contributed by atoms with Crippen molar-refractivity contribution in [2.45, 2.75) is 19.0 Å². The first-order valence-electron chi connectivity index (χ1n) is 8.63. The van der Waals surface area contributed by atoms with Crippen LogP contribution in [0.5, 0.6) is 0 Å². The number of aromatic nitrogens is 2. The van der Waals surface area contributed by atoms with Gasteiger partial charge in [0.1, 0.15) is 6.04 Å². The predicted octanol–water partition coefficient (Wildman–Crippen LogP) is 4.55. The zero-order valence-corrected chi connectivity index (χ0v) is 16.1. The molecule has 0 radical (unpaired) electrons. The van der Waals surface area contributed by atoms with E-state index in [1.165, 1.54) is 0 Å². The number of amides is 1. The number of nitrogens with zero attached hydrogens (tertiary/aromatic N) is 2. The number of hydrogen-bond donors (Lipinski definition) is 2. The number of aryl methyl sites for hydroxylation is 1. The summed E-state index contributed by atoms with van der Waals surface area (Å²) in [4.78, 5) is 16.9. The van der Waals surface area contributed by atoms with Gasteiger partial charge in [0, 0.05) is 34.7 Å². The summed E-state index contributed by atoms with van der Waals surface area (Å²) in [5, 5.41) is 7.18. The van der Waals surface area contributed by atoms with Gasteiger partial charge in [0.25, 0.3) is 0 Å². The molecule has 0 saturated carbocycles. The number of carbonyl (C=O) groups is 1. The Morgan fingerprint density at radius 1 is 1.11 bits per heavy atom. The molecule has 0 unspecified atom stereocenters. The highest BCUT2D eigenvalue weighted by Gasteiger charge is 2.20. The second kappa shape index (κ2) is 9.55. The van der Waals surface area contributed by atoms with Crippen LogP contribution in [0.4, 0.5) is 5.69 Å². The van der Waals surface area contributed by atoms with Gasteiger partial charge in [-0.2, -0.15) is 0 Å². The molecule has 7 heteroatoms. The molecule has 27 heavy (non-hydrogen) atoms. The summed E-state index contributed by atoms with van der Waals surface area (Å²) in [7, 11) is 0. The van der Waals surface area contributed by atoms with Crippen LogP contribution in [0.25, 0.3) is 0 Å². The molecule has 0 fully saturated rings. The Hall–Kier alpha value is -2.34. The molecule has 0 spiro atoms. The number of hydrogen-bond acceptors (Lipinski definition) is 3. The number of anilines is 1. The maximum absolute atomic E-state index is 12.9. The number of imidazole rings is 1. The molecular formula is C20H20Cl2N4O. The third-order valence-electron chi connectivity index (χ3n) is 4.03. The van der Waals surface area contributed by atoms with Gasteiger partial charge in [-0.1, -0.05) is 53.5 Å². The predicted molar refractivity (Wildman–Crippen MR) is 109 cm³/mol. The minimum Gasteiger partial charge on any atom is -0.337 e. The molecule has 3 rings (SSSR count). The molecule has 3 aromatic rings. The Balaban J connectivity index is 1.66. The summed E-state index contributed by atoms with van der Waals surface area (Å²) in [5.74, 6) is -0.165. The number of nitrogens with one attached hydrogen (secondary N) is 2. The largest absolute Gasteiger partial charge is 0.337 e. The molecule has 0 saturated heterocycles. The standard InChI is InChI=1S/C20H20Cl2N4O/c21-16-11-17(22)13-18(12-16)25-20(27)19(15-5-2-1-3-6-15)24-7-4-9-26-10-8-23-14-26/h1-3,5-6,8,10-14,19,24H,4,7,9H2,(H,25,27)/t19-/m0/s1.